The molecular weight excluding hydrogens is 120 g/mol. The third-order valence-corrected chi connectivity index (χ3v) is 0.693. The Hall–Kier alpha value is -1.70. The number of aromatic amines is 1. The monoisotopic (exact) mass is 122 g/mol. The minimum Gasteiger partial charge on any atom is -0.281 e. The molecule has 0 saturated carbocycles. The van der Waals surface area contributed by atoms with Crippen molar-refractivity contribution in [1.82, 2.24) is 15.0 Å². The van der Waals surface area contributed by atoms with E-state index >= 15 is 0 Å². The standard InChI is InChI=1S/C4H2N4O/c5-1-3-6-2-7-4(9)8-3/h2H,(H,6,7,8,9). The summed E-state index contributed by atoms with van der Waals surface area (Å²) in [6.07, 6.45) is 1.04. The molecule has 1 heterocycles. The Morgan fingerprint density at radius 1 is 1.67 bits per heavy atom. The normalized spacial score (nSPS) is 8.33. The van der Waals surface area contributed by atoms with Crippen LogP contribution in [0, 0.1) is 11.3 Å². The smallest absolute Gasteiger partial charge is 0.281 e. The van der Waals surface area contributed by atoms with Gasteiger partial charge < -0.3 is 0 Å². The molecule has 0 aliphatic heterocycles. The van der Waals surface area contributed by atoms with E-state index in [1.54, 1.807) is 6.07 Å². The fraction of sp³-hybridized carbons (Fsp3) is 0. The van der Waals surface area contributed by atoms with Crippen LogP contribution in [-0.2, 0) is 0 Å². The summed E-state index contributed by atoms with van der Waals surface area (Å²) in [4.78, 5) is 19.1. The molecule has 0 unspecified atom stereocenters. The highest BCUT2D eigenvalue weighted by Crippen LogP contribution is 1.72. The minimum atomic E-state index is -0.554. The lowest BCUT2D eigenvalue weighted by Gasteiger charge is -1.80. The molecule has 0 saturated heterocycles. The zero-order valence-electron chi connectivity index (χ0n) is 4.33. The van der Waals surface area contributed by atoms with Crippen molar-refractivity contribution < 1.29 is 0 Å². The van der Waals surface area contributed by atoms with Crippen LogP contribution in [0.2, 0.25) is 0 Å². The number of nitrogens with zero attached hydrogens (tertiary/aromatic N) is 3. The largest absolute Gasteiger partial charge is 0.348 e. The van der Waals surface area contributed by atoms with Crippen LogP contribution in [0.5, 0.6) is 0 Å². The second kappa shape index (κ2) is 2.05. The summed E-state index contributed by atoms with van der Waals surface area (Å²) in [6.45, 7) is 0. The van der Waals surface area contributed by atoms with Gasteiger partial charge in [0.05, 0.1) is 0 Å². The summed E-state index contributed by atoms with van der Waals surface area (Å²) in [5.41, 5.74) is -0.554. The molecule has 0 bridgehead atoms. The molecule has 0 fully saturated rings. The number of hydrogen-bond donors (Lipinski definition) is 1. The number of H-pyrrole nitrogens is 1. The summed E-state index contributed by atoms with van der Waals surface area (Å²) in [5, 5.41) is 8.15. The molecule has 0 radical (unpaired) electrons. The number of aromatic nitrogens is 3. The Morgan fingerprint density at radius 3 is 2.89 bits per heavy atom. The Balaban J connectivity index is 3.28. The first-order valence-corrected chi connectivity index (χ1v) is 2.14. The fourth-order valence-electron chi connectivity index (χ4n) is 0.362. The van der Waals surface area contributed by atoms with Gasteiger partial charge in [-0.15, -0.1) is 0 Å². The van der Waals surface area contributed by atoms with Gasteiger partial charge in [0.25, 0.3) is 0 Å². The van der Waals surface area contributed by atoms with Crippen LogP contribution in [0.15, 0.2) is 11.1 Å². The average molecular weight is 122 g/mol. The predicted molar refractivity (Wildman–Crippen MR) is 27.4 cm³/mol. The van der Waals surface area contributed by atoms with Gasteiger partial charge in [-0.3, -0.25) is 4.98 Å². The van der Waals surface area contributed by atoms with Crippen LogP contribution < -0.4 is 5.69 Å². The van der Waals surface area contributed by atoms with Crippen LogP contribution in [0.25, 0.3) is 0 Å². The van der Waals surface area contributed by atoms with E-state index in [-0.39, 0.29) is 5.82 Å². The van der Waals surface area contributed by atoms with Gasteiger partial charge >= 0.3 is 5.69 Å². The van der Waals surface area contributed by atoms with Gasteiger partial charge in [0.1, 0.15) is 12.4 Å². The molecule has 1 rings (SSSR count). The van der Waals surface area contributed by atoms with E-state index in [2.05, 4.69) is 15.0 Å². The molecule has 1 aromatic rings. The van der Waals surface area contributed by atoms with Crippen molar-refractivity contribution >= 4 is 0 Å². The third kappa shape index (κ3) is 1.10. The van der Waals surface area contributed by atoms with Gasteiger partial charge in [-0.1, -0.05) is 0 Å². The van der Waals surface area contributed by atoms with E-state index < -0.39 is 5.69 Å². The second-order valence-corrected chi connectivity index (χ2v) is 1.26. The van der Waals surface area contributed by atoms with E-state index in [1.165, 1.54) is 0 Å². The lowest BCUT2D eigenvalue weighted by molar-refractivity contribution is 0.959. The van der Waals surface area contributed by atoms with Gasteiger partial charge in [0, 0.05) is 0 Å². The lowest BCUT2D eigenvalue weighted by atomic mass is 10.7. The molecule has 0 aliphatic carbocycles. The molecule has 0 atom stereocenters. The first kappa shape index (κ1) is 5.44. The maximum atomic E-state index is 10.3. The van der Waals surface area contributed by atoms with E-state index in [1.807, 2.05) is 0 Å². The van der Waals surface area contributed by atoms with E-state index in [4.69, 9.17) is 5.26 Å². The fourth-order valence-corrected chi connectivity index (χ4v) is 0.362. The molecule has 0 amide bonds. The van der Waals surface area contributed by atoms with Crippen LogP contribution in [0.4, 0.5) is 0 Å². The molecule has 5 nitrogen and oxygen atoms in total. The minimum absolute atomic E-state index is 0.0185. The predicted octanol–water partition coefficient (Wildman–Crippen LogP) is -0.963. The zero-order chi connectivity index (χ0) is 6.69. The number of hydrogen-bond acceptors (Lipinski definition) is 4. The SMILES string of the molecule is N#Cc1ncnc(=O)[nH]1. The van der Waals surface area contributed by atoms with Crippen molar-refractivity contribution in [3.05, 3.63) is 22.6 Å². The van der Waals surface area contributed by atoms with Gasteiger partial charge in [-0.25, -0.2) is 9.78 Å². The van der Waals surface area contributed by atoms with Gasteiger partial charge in [-0.05, 0) is 0 Å². The van der Waals surface area contributed by atoms with Crippen molar-refractivity contribution in [1.29, 1.82) is 5.26 Å². The summed E-state index contributed by atoms with van der Waals surface area (Å²) in [7, 11) is 0. The quantitative estimate of drug-likeness (QED) is 0.480. The molecular formula is C4H2N4O. The molecule has 0 aromatic carbocycles. The maximum Gasteiger partial charge on any atom is 0.348 e. The molecule has 0 aliphatic rings. The second-order valence-electron chi connectivity index (χ2n) is 1.26. The zero-order valence-corrected chi connectivity index (χ0v) is 4.33. The van der Waals surface area contributed by atoms with Crippen molar-refractivity contribution in [2.45, 2.75) is 0 Å². The van der Waals surface area contributed by atoms with Crippen molar-refractivity contribution in [2.24, 2.45) is 0 Å². The highest BCUT2D eigenvalue weighted by atomic mass is 16.1. The summed E-state index contributed by atoms with van der Waals surface area (Å²) >= 11 is 0. The maximum absolute atomic E-state index is 10.3. The molecule has 9 heavy (non-hydrogen) atoms. The highest BCUT2D eigenvalue weighted by molar-refractivity contribution is 5.04. The Kier molecular flexibility index (Phi) is 1.24. The first-order valence-electron chi connectivity index (χ1n) is 2.14. The number of nitriles is 1. The third-order valence-electron chi connectivity index (χ3n) is 0.693. The van der Waals surface area contributed by atoms with E-state index in [9.17, 15) is 4.79 Å². The molecule has 44 valence electrons. The first-order chi connectivity index (χ1) is 4.33. The van der Waals surface area contributed by atoms with E-state index in [0.717, 1.165) is 6.33 Å². The van der Waals surface area contributed by atoms with Crippen molar-refractivity contribution in [3.8, 4) is 6.07 Å². The van der Waals surface area contributed by atoms with Crippen LogP contribution in [0.3, 0.4) is 0 Å². The number of nitrogens with one attached hydrogen (secondary N) is 1. The van der Waals surface area contributed by atoms with Crippen molar-refractivity contribution in [2.75, 3.05) is 0 Å². The molecule has 1 N–H and O–H groups in total. The summed E-state index contributed by atoms with van der Waals surface area (Å²) in [5.74, 6) is -0.0185. The van der Waals surface area contributed by atoms with Gasteiger partial charge in [0.15, 0.2) is 0 Å². The Labute approximate surface area is 50.0 Å². The average Bonchev–Trinajstić information content (AvgIpc) is 1.88. The Bertz CT molecular complexity index is 296. The van der Waals surface area contributed by atoms with Crippen LogP contribution in [0.1, 0.15) is 5.82 Å². The number of rotatable bonds is 0. The van der Waals surface area contributed by atoms with Gasteiger partial charge in [0.2, 0.25) is 5.82 Å². The highest BCUT2D eigenvalue weighted by Gasteiger charge is 1.87. The van der Waals surface area contributed by atoms with Crippen LogP contribution in [-0.4, -0.2) is 15.0 Å². The van der Waals surface area contributed by atoms with Crippen molar-refractivity contribution in [3.63, 3.8) is 0 Å². The lowest BCUT2D eigenvalue weighted by Crippen LogP contribution is -2.11. The molecule has 1 aromatic heterocycles. The van der Waals surface area contributed by atoms with Crippen LogP contribution >= 0.6 is 0 Å². The Morgan fingerprint density at radius 2 is 2.44 bits per heavy atom. The topological polar surface area (TPSA) is 82.4 Å². The molecule has 0 spiro atoms. The summed E-state index contributed by atoms with van der Waals surface area (Å²) in [6, 6.07) is 1.66. The van der Waals surface area contributed by atoms with Gasteiger partial charge in [-0.2, -0.15) is 10.2 Å². The summed E-state index contributed by atoms with van der Waals surface area (Å²) < 4.78 is 0. The van der Waals surface area contributed by atoms with E-state index in [0.29, 0.717) is 0 Å². The molecule has 5 heteroatoms.